The predicted octanol–water partition coefficient (Wildman–Crippen LogP) is 3.17. The van der Waals surface area contributed by atoms with Gasteiger partial charge in [0.2, 0.25) is 5.91 Å². The smallest absolute Gasteiger partial charge is 0.225 e. The number of rotatable bonds is 4. The van der Waals surface area contributed by atoms with Crippen molar-refractivity contribution in [3.05, 3.63) is 34.4 Å². The number of likely N-dealkylation sites (tertiary alicyclic amines) is 1. The van der Waals surface area contributed by atoms with Gasteiger partial charge in [-0.25, -0.2) is 0 Å². The number of aryl methyl sites for hydroxylation is 4. The average Bonchev–Trinajstić information content (AvgIpc) is 3.19. The van der Waals surface area contributed by atoms with Gasteiger partial charge in [-0.15, -0.1) is 0 Å². The van der Waals surface area contributed by atoms with Crippen LogP contribution < -0.4 is 0 Å². The van der Waals surface area contributed by atoms with E-state index >= 15 is 0 Å². The van der Waals surface area contributed by atoms with Crippen LogP contribution in [0.15, 0.2) is 6.07 Å². The molecule has 6 heteroatoms. The molecule has 1 aliphatic rings. The summed E-state index contributed by atoms with van der Waals surface area (Å²) in [6.45, 7) is 11.1. The van der Waals surface area contributed by atoms with E-state index in [0.29, 0.717) is 6.42 Å². The Labute approximate surface area is 149 Å². The molecule has 0 N–H and O–H groups in total. The molecule has 0 spiro atoms. The first kappa shape index (κ1) is 17.7. The van der Waals surface area contributed by atoms with Crippen molar-refractivity contribution in [2.45, 2.75) is 66.0 Å². The summed E-state index contributed by atoms with van der Waals surface area (Å²) < 4.78 is 3.89. The summed E-state index contributed by atoms with van der Waals surface area (Å²) in [5.41, 5.74) is 5.53. The number of amides is 1. The molecule has 3 rings (SSSR count). The van der Waals surface area contributed by atoms with Crippen LogP contribution in [-0.4, -0.2) is 36.9 Å². The maximum atomic E-state index is 13.0. The highest BCUT2D eigenvalue weighted by molar-refractivity contribution is 5.77. The zero-order chi connectivity index (χ0) is 18.3. The van der Waals surface area contributed by atoms with E-state index in [-0.39, 0.29) is 18.0 Å². The molecular formula is C19H29N5O. The maximum absolute atomic E-state index is 13.0. The zero-order valence-electron chi connectivity index (χ0n) is 16.2. The number of carbonyl (C=O) groups excluding carboxylic acids is 1. The van der Waals surface area contributed by atoms with Crippen molar-refractivity contribution in [2.24, 2.45) is 7.05 Å². The monoisotopic (exact) mass is 343 g/mol. The van der Waals surface area contributed by atoms with Gasteiger partial charge in [-0.05, 0) is 53.5 Å². The molecule has 1 aliphatic heterocycles. The molecule has 25 heavy (non-hydrogen) atoms. The molecule has 3 heterocycles. The van der Waals surface area contributed by atoms with Crippen LogP contribution >= 0.6 is 0 Å². The fourth-order valence-electron chi connectivity index (χ4n) is 4.19. The second-order valence-corrected chi connectivity index (χ2v) is 7.38. The molecule has 0 aliphatic carbocycles. The molecule has 1 saturated heterocycles. The fraction of sp³-hybridized carbons (Fsp3) is 0.632. The van der Waals surface area contributed by atoms with E-state index in [0.717, 1.165) is 42.2 Å². The molecule has 1 amide bonds. The van der Waals surface area contributed by atoms with E-state index in [9.17, 15) is 4.79 Å². The minimum Gasteiger partial charge on any atom is -0.335 e. The Balaban J connectivity index is 1.78. The summed E-state index contributed by atoms with van der Waals surface area (Å²) in [7, 11) is 1.97. The first-order chi connectivity index (χ1) is 11.8. The second kappa shape index (κ2) is 6.65. The van der Waals surface area contributed by atoms with Crippen molar-refractivity contribution in [1.29, 1.82) is 0 Å². The highest BCUT2D eigenvalue weighted by Crippen LogP contribution is 2.36. The van der Waals surface area contributed by atoms with Crippen molar-refractivity contribution in [3.8, 4) is 0 Å². The van der Waals surface area contributed by atoms with Gasteiger partial charge in [-0.3, -0.25) is 14.2 Å². The summed E-state index contributed by atoms with van der Waals surface area (Å²) in [5.74, 6) is 0.213. The Bertz CT molecular complexity index is 788. The van der Waals surface area contributed by atoms with Gasteiger partial charge < -0.3 is 4.90 Å². The van der Waals surface area contributed by atoms with Gasteiger partial charge in [0, 0.05) is 37.0 Å². The highest BCUT2D eigenvalue weighted by atomic mass is 16.2. The topological polar surface area (TPSA) is 56.0 Å². The Morgan fingerprint density at radius 1 is 1.28 bits per heavy atom. The standard InChI is InChI=1S/C19H29N5O/c1-12-10-13(2)24(20-12)14(3)11-18(25)23-9-7-8-17(23)19-15(4)21-22(6)16(19)5/h10,14,17H,7-9,11H2,1-6H3/t14-,17-/m1/s1. The van der Waals surface area contributed by atoms with Crippen LogP contribution in [0, 0.1) is 27.7 Å². The molecule has 2 aromatic rings. The number of aromatic nitrogens is 4. The molecule has 0 saturated carbocycles. The third-order valence-corrected chi connectivity index (χ3v) is 5.40. The largest absolute Gasteiger partial charge is 0.335 e. The zero-order valence-corrected chi connectivity index (χ0v) is 16.2. The molecular weight excluding hydrogens is 314 g/mol. The molecule has 0 radical (unpaired) electrons. The Hall–Kier alpha value is -2.11. The van der Waals surface area contributed by atoms with Crippen LogP contribution in [0.5, 0.6) is 0 Å². The lowest BCUT2D eigenvalue weighted by atomic mass is 10.0. The van der Waals surface area contributed by atoms with Gasteiger partial charge in [0.1, 0.15) is 0 Å². The number of nitrogens with zero attached hydrogens (tertiary/aromatic N) is 5. The lowest BCUT2D eigenvalue weighted by molar-refractivity contribution is -0.133. The van der Waals surface area contributed by atoms with Gasteiger partial charge in [-0.2, -0.15) is 10.2 Å². The van der Waals surface area contributed by atoms with E-state index < -0.39 is 0 Å². The average molecular weight is 343 g/mol. The van der Waals surface area contributed by atoms with E-state index in [4.69, 9.17) is 0 Å². The number of carbonyl (C=O) groups is 1. The predicted molar refractivity (Wildman–Crippen MR) is 97.4 cm³/mol. The van der Waals surface area contributed by atoms with Crippen LogP contribution in [0.4, 0.5) is 0 Å². The van der Waals surface area contributed by atoms with Crippen LogP contribution in [0.3, 0.4) is 0 Å². The van der Waals surface area contributed by atoms with E-state index in [1.165, 1.54) is 5.56 Å². The number of hydrogen-bond acceptors (Lipinski definition) is 3. The Morgan fingerprint density at radius 2 is 2.00 bits per heavy atom. The van der Waals surface area contributed by atoms with Crippen molar-refractivity contribution in [1.82, 2.24) is 24.5 Å². The third kappa shape index (κ3) is 3.22. The molecule has 2 atom stereocenters. The quantitative estimate of drug-likeness (QED) is 0.857. The minimum atomic E-state index is 0.0681. The summed E-state index contributed by atoms with van der Waals surface area (Å²) in [4.78, 5) is 15.1. The van der Waals surface area contributed by atoms with Crippen molar-refractivity contribution < 1.29 is 4.79 Å². The second-order valence-electron chi connectivity index (χ2n) is 7.38. The molecule has 0 aromatic carbocycles. The molecule has 6 nitrogen and oxygen atoms in total. The van der Waals surface area contributed by atoms with Crippen molar-refractivity contribution in [2.75, 3.05) is 6.54 Å². The highest BCUT2D eigenvalue weighted by Gasteiger charge is 2.34. The van der Waals surface area contributed by atoms with E-state index in [1.54, 1.807) is 0 Å². The molecule has 0 bridgehead atoms. The Kier molecular flexibility index (Phi) is 4.71. The van der Waals surface area contributed by atoms with Gasteiger partial charge in [-0.1, -0.05) is 0 Å². The lowest BCUT2D eigenvalue weighted by Crippen LogP contribution is -2.32. The third-order valence-electron chi connectivity index (χ3n) is 5.40. The summed E-state index contributed by atoms with van der Waals surface area (Å²) in [6, 6.07) is 2.29. The first-order valence-corrected chi connectivity index (χ1v) is 9.12. The summed E-state index contributed by atoms with van der Waals surface area (Å²) in [5, 5.41) is 9.07. The van der Waals surface area contributed by atoms with E-state index in [1.807, 2.05) is 37.2 Å². The fourth-order valence-corrected chi connectivity index (χ4v) is 4.19. The van der Waals surface area contributed by atoms with Crippen LogP contribution in [-0.2, 0) is 11.8 Å². The van der Waals surface area contributed by atoms with Crippen LogP contribution in [0.25, 0.3) is 0 Å². The molecule has 0 unspecified atom stereocenters. The lowest BCUT2D eigenvalue weighted by Gasteiger charge is -2.27. The number of hydrogen-bond donors (Lipinski definition) is 0. The SMILES string of the molecule is Cc1cc(C)n([C@H](C)CC(=O)N2CCC[C@@H]2c2c(C)nn(C)c2C)n1. The molecule has 2 aromatic heterocycles. The van der Waals surface area contributed by atoms with Crippen LogP contribution in [0.1, 0.15) is 66.6 Å². The first-order valence-electron chi connectivity index (χ1n) is 9.12. The van der Waals surface area contributed by atoms with Gasteiger partial charge >= 0.3 is 0 Å². The summed E-state index contributed by atoms with van der Waals surface area (Å²) in [6.07, 6.45) is 2.56. The maximum Gasteiger partial charge on any atom is 0.225 e. The normalized spacial score (nSPS) is 18.8. The van der Waals surface area contributed by atoms with Crippen LogP contribution in [0.2, 0.25) is 0 Å². The van der Waals surface area contributed by atoms with Crippen molar-refractivity contribution >= 4 is 5.91 Å². The molecule has 136 valence electrons. The molecule has 1 fully saturated rings. The van der Waals surface area contributed by atoms with Crippen molar-refractivity contribution in [3.63, 3.8) is 0 Å². The van der Waals surface area contributed by atoms with Gasteiger partial charge in [0.05, 0.1) is 23.5 Å². The van der Waals surface area contributed by atoms with E-state index in [2.05, 4.69) is 35.0 Å². The minimum absolute atomic E-state index is 0.0681. The summed E-state index contributed by atoms with van der Waals surface area (Å²) >= 11 is 0. The Morgan fingerprint density at radius 3 is 2.56 bits per heavy atom. The van der Waals surface area contributed by atoms with Gasteiger partial charge in [0.15, 0.2) is 0 Å². The van der Waals surface area contributed by atoms with Gasteiger partial charge in [0.25, 0.3) is 0 Å².